The van der Waals surface area contributed by atoms with Crippen LogP contribution in [0.3, 0.4) is 0 Å². The van der Waals surface area contributed by atoms with E-state index in [4.69, 9.17) is 0 Å². The third-order valence-corrected chi connectivity index (χ3v) is 4.46. The first-order valence-corrected chi connectivity index (χ1v) is 7.38. The van der Waals surface area contributed by atoms with E-state index >= 15 is 0 Å². The summed E-state index contributed by atoms with van der Waals surface area (Å²) >= 11 is 3.34. The zero-order valence-electron chi connectivity index (χ0n) is 11.0. The lowest BCUT2D eigenvalue weighted by Crippen LogP contribution is -2.20. The van der Waals surface area contributed by atoms with Crippen molar-refractivity contribution >= 4 is 15.9 Å². The first-order chi connectivity index (χ1) is 10.0. The summed E-state index contributed by atoms with van der Waals surface area (Å²) in [6.07, 6.45) is 2.26. The molecule has 3 rings (SSSR count). The van der Waals surface area contributed by atoms with Crippen molar-refractivity contribution in [1.82, 2.24) is 14.9 Å². The van der Waals surface area contributed by atoms with Gasteiger partial charge in [0.1, 0.15) is 10.4 Å². The van der Waals surface area contributed by atoms with Gasteiger partial charge in [-0.2, -0.15) is 0 Å². The molecule has 1 atom stereocenters. The normalized spacial score (nSPS) is 19.3. The van der Waals surface area contributed by atoms with Crippen LogP contribution in [0.5, 0.6) is 0 Å². The van der Waals surface area contributed by atoms with E-state index in [2.05, 4.69) is 30.8 Å². The molecular formula is C14H13BrF3N3. The average molecular weight is 360 g/mol. The quantitative estimate of drug-likeness (QED) is 0.849. The molecule has 0 amide bonds. The summed E-state index contributed by atoms with van der Waals surface area (Å²) in [5.74, 6) is -3.00. The van der Waals surface area contributed by atoms with Crippen LogP contribution in [0.15, 0.2) is 23.1 Å². The van der Waals surface area contributed by atoms with E-state index < -0.39 is 17.5 Å². The molecule has 2 heterocycles. The van der Waals surface area contributed by atoms with Gasteiger partial charge in [-0.1, -0.05) is 0 Å². The number of rotatable bonds is 3. The van der Waals surface area contributed by atoms with E-state index in [1.165, 1.54) is 0 Å². The monoisotopic (exact) mass is 359 g/mol. The lowest BCUT2D eigenvalue weighted by Gasteiger charge is -2.16. The second-order valence-electron chi connectivity index (χ2n) is 5.18. The molecule has 2 aromatic rings. The molecule has 1 aromatic carbocycles. The molecule has 112 valence electrons. The third-order valence-electron chi connectivity index (χ3n) is 3.78. The molecular weight excluding hydrogens is 347 g/mol. The molecule has 1 N–H and O–H groups in total. The number of nitrogens with one attached hydrogen (secondary N) is 1. The molecule has 1 fully saturated rings. The van der Waals surface area contributed by atoms with Gasteiger partial charge in [-0.3, -0.25) is 4.90 Å². The molecule has 0 aliphatic carbocycles. The molecule has 1 unspecified atom stereocenters. The van der Waals surface area contributed by atoms with Crippen molar-refractivity contribution in [2.45, 2.75) is 18.9 Å². The van der Waals surface area contributed by atoms with Gasteiger partial charge in [-0.25, -0.2) is 18.2 Å². The predicted octanol–water partition coefficient (Wildman–Crippen LogP) is 3.58. The highest BCUT2D eigenvalue weighted by Crippen LogP contribution is 2.31. The fraction of sp³-hybridized carbons (Fsp3) is 0.357. The topological polar surface area (TPSA) is 31.9 Å². The Kier molecular flexibility index (Phi) is 4.03. The van der Waals surface area contributed by atoms with E-state index in [9.17, 15) is 13.2 Å². The smallest absolute Gasteiger partial charge is 0.162 e. The molecule has 21 heavy (non-hydrogen) atoms. The summed E-state index contributed by atoms with van der Waals surface area (Å²) in [5.41, 5.74) is 1.06. The van der Waals surface area contributed by atoms with Gasteiger partial charge >= 0.3 is 0 Å². The molecule has 7 heteroatoms. The Morgan fingerprint density at radius 2 is 2.14 bits per heavy atom. The van der Waals surface area contributed by atoms with Crippen LogP contribution >= 0.6 is 15.9 Å². The Morgan fingerprint density at radius 1 is 1.33 bits per heavy atom. The maximum Gasteiger partial charge on any atom is 0.162 e. The number of aromatic amines is 1. The minimum atomic E-state index is -1.13. The average Bonchev–Trinajstić information content (AvgIpc) is 3.05. The predicted molar refractivity (Wildman–Crippen MR) is 75.2 cm³/mol. The van der Waals surface area contributed by atoms with E-state index in [0.717, 1.165) is 22.9 Å². The molecule has 0 spiro atoms. The Bertz CT molecular complexity index is 659. The maximum atomic E-state index is 13.8. The van der Waals surface area contributed by atoms with Crippen molar-refractivity contribution in [2.75, 3.05) is 13.1 Å². The molecule has 1 aromatic heterocycles. The van der Waals surface area contributed by atoms with Gasteiger partial charge in [0.05, 0.1) is 12.0 Å². The van der Waals surface area contributed by atoms with Crippen LogP contribution in [0.1, 0.15) is 23.6 Å². The van der Waals surface area contributed by atoms with Crippen LogP contribution in [0, 0.1) is 17.5 Å². The number of benzene rings is 1. The number of hydrogen-bond acceptors (Lipinski definition) is 2. The van der Waals surface area contributed by atoms with Gasteiger partial charge in [0.15, 0.2) is 11.6 Å². The summed E-state index contributed by atoms with van der Waals surface area (Å²) in [7, 11) is 0. The number of nitrogens with zero attached hydrogens (tertiary/aromatic N) is 2. The second kappa shape index (κ2) is 5.81. The standard InChI is InChI=1S/C14H13BrF3N3/c15-14-12(19-7-20-14)6-21-2-1-8(5-21)10-3-9(16)4-11(17)13(10)18/h3-4,7-8H,1-2,5-6H2,(H,19,20). The Labute approximate surface area is 128 Å². The molecule has 1 saturated heterocycles. The van der Waals surface area contributed by atoms with Crippen LogP contribution in [0.2, 0.25) is 0 Å². The van der Waals surface area contributed by atoms with Crippen LogP contribution in [-0.2, 0) is 6.54 Å². The zero-order valence-corrected chi connectivity index (χ0v) is 12.6. The van der Waals surface area contributed by atoms with Crippen LogP contribution in [-0.4, -0.2) is 28.0 Å². The van der Waals surface area contributed by atoms with Crippen molar-refractivity contribution in [2.24, 2.45) is 0 Å². The Hall–Kier alpha value is -1.34. The number of likely N-dealkylation sites (tertiary alicyclic amines) is 1. The van der Waals surface area contributed by atoms with Crippen molar-refractivity contribution in [1.29, 1.82) is 0 Å². The number of halogens is 4. The Morgan fingerprint density at radius 3 is 2.86 bits per heavy atom. The summed E-state index contributed by atoms with van der Waals surface area (Å²) in [6, 6.07) is 1.67. The molecule has 1 aliphatic heterocycles. The summed E-state index contributed by atoms with van der Waals surface area (Å²) < 4.78 is 41.1. The lowest BCUT2D eigenvalue weighted by atomic mass is 9.97. The van der Waals surface area contributed by atoms with Gasteiger partial charge in [-0.05, 0) is 40.5 Å². The second-order valence-corrected chi connectivity index (χ2v) is 5.93. The van der Waals surface area contributed by atoms with Crippen LogP contribution in [0.4, 0.5) is 13.2 Å². The van der Waals surface area contributed by atoms with Crippen LogP contribution in [0.25, 0.3) is 0 Å². The highest BCUT2D eigenvalue weighted by molar-refractivity contribution is 9.10. The van der Waals surface area contributed by atoms with Crippen molar-refractivity contribution in [3.63, 3.8) is 0 Å². The zero-order chi connectivity index (χ0) is 15.0. The fourth-order valence-corrected chi connectivity index (χ4v) is 3.08. The number of imidazole rings is 1. The lowest BCUT2D eigenvalue weighted by molar-refractivity contribution is 0.321. The van der Waals surface area contributed by atoms with E-state index in [1.807, 2.05) is 0 Å². The highest BCUT2D eigenvalue weighted by Gasteiger charge is 2.28. The fourth-order valence-electron chi connectivity index (χ4n) is 2.74. The summed E-state index contributed by atoms with van der Waals surface area (Å²) in [5, 5.41) is 0. The van der Waals surface area contributed by atoms with Gasteiger partial charge in [-0.15, -0.1) is 0 Å². The first-order valence-electron chi connectivity index (χ1n) is 6.59. The van der Waals surface area contributed by atoms with Crippen molar-refractivity contribution < 1.29 is 13.2 Å². The largest absolute Gasteiger partial charge is 0.346 e. The number of aromatic nitrogens is 2. The van der Waals surface area contributed by atoms with Gasteiger partial charge < -0.3 is 4.98 Å². The minimum Gasteiger partial charge on any atom is -0.346 e. The molecule has 0 radical (unpaired) electrons. The van der Waals surface area contributed by atoms with Crippen LogP contribution < -0.4 is 0 Å². The van der Waals surface area contributed by atoms with E-state index in [0.29, 0.717) is 25.6 Å². The van der Waals surface area contributed by atoms with E-state index in [1.54, 1.807) is 6.33 Å². The first kappa shape index (κ1) is 14.6. The van der Waals surface area contributed by atoms with Gasteiger partial charge in [0.25, 0.3) is 0 Å². The summed E-state index contributed by atoms with van der Waals surface area (Å²) in [4.78, 5) is 9.17. The minimum absolute atomic E-state index is 0.124. The van der Waals surface area contributed by atoms with Crippen molar-refractivity contribution in [3.05, 3.63) is 51.8 Å². The highest BCUT2D eigenvalue weighted by atomic mass is 79.9. The number of hydrogen-bond donors (Lipinski definition) is 1. The summed E-state index contributed by atoms with van der Waals surface area (Å²) in [6.45, 7) is 1.94. The molecule has 0 bridgehead atoms. The Balaban J connectivity index is 1.74. The molecule has 0 saturated carbocycles. The number of H-pyrrole nitrogens is 1. The van der Waals surface area contributed by atoms with Crippen molar-refractivity contribution in [3.8, 4) is 0 Å². The van der Waals surface area contributed by atoms with E-state index in [-0.39, 0.29) is 11.5 Å². The SMILES string of the molecule is Fc1cc(F)c(F)c(C2CCN(Cc3[nH]cnc3Br)C2)c1. The van der Waals surface area contributed by atoms with Gasteiger partial charge in [0, 0.05) is 25.1 Å². The third kappa shape index (κ3) is 2.98. The maximum absolute atomic E-state index is 13.8. The molecule has 3 nitrogen and oxygen atoms in total. The molecule has 1 aliphatic rings. The van der Waals surface area contributed by atoms with Gasteiger partial charge in [0.2, 0.25) is 0 Å².